The first-order valence-electron chi connectivity index (χ1n) is 8.92. The van der Waals surface area contributed by atoms with Crippen LogP contribution in [0.15, 0.2) is 60.3 Å². The average molecular weight is 383 g/mol. The number of esters is 1. The van der Waals surface area contributed by atoms with Crippen LogP contribution in [0.3, 0.4) is 0 Å². The van der Waals surface area contributed by atoms with E-state index in [1.165, 1.54) is 24.3 Å². The molecule has 0 N–H and O–H groups in total. The zero-order chi connectivity index (χ0) is 20.3. The van der Waals surface area contributed by atoms with Gasteiger partial charge in [0.2, 0.25) is 0 Å². The van der Waals surface area contributed by atoms with E-state index in [1.54, 1.807) is 6.07 Å². The van der Waals surface area contributed by atoms with Crippen molar-refractivity contribution in [2.45, 2.75) is 19.3 Å². The fraction of sp³-hybridized carbons (Fsp3) is 0.273. The minimum absolute atomic E-state index is 0.0417. The maximum absolute atomic E-state index is 13.5. The lowest BCUT2D eigenvalue weighted by molar-refractivity contribution is -0.149. The Hall–Kier alpha value is -3.15. The Morgan fingerprint density at radius 2 is 1.75 bits per heavy atom. The van der Waals surface area contributed by atoms with E-state index < -0.39 is 25.0 Å². The second kappa shape index (κ2) is 7.84. The van der Waals surface area contributed by atoms with Gasteiger partial charge in [-0.3, -0.25) is 4.79 Å². The first kappa shape index (κ1) is 19.6. The minimum Gasteiger partial charge on any atom is -0.479 e. The van der Waals surface area contributed by atoms with Crippen LogP contribution in [0.25, 0.3) is 0 Å². The molecule has 146 valence electrons. The molecule has 0 radical (unpaired) electrons. The van der Waals surface area contributed by atoms with E-state index in [0.717, 1.165) is 16.9 Å². The average Bonchev–Trinajstić information content (AvgIpc) is 2.87. The Morgan fingerprint density at radius 3 is 2.46 bits per heavy atom. The Labute approximate surface area is 163 Å². The zero-order valence-electron chi connectivity index (χ0n) is 16.1. The number of rotatable bonds is 6. The highest BCUT2D eigenvalue weighted by Gasteiger charge is 2.38. The molecule has 1 aliphatic heterocycles. The van der Waals surface area contributed by atoms with Gasteiger partial charge in [-0.05, 0) is 23.8 Å². The number of ether oxygens (including phenoxy) is 2. The summed E-state index contributed by atoms with van der Waals surface area (Å²) in [7, 11) is 1.90. The van der Waals surface area contributed by atoms with Crippen LogP contribution in [0.5, 0.6) is 5.75 Å². The van der Waals surface area contributed by atoms with Crippen LogP contribution < -0.4 is 9.64 Å². The summed E-state index contributed by atoms with van der Waals surface area (Å²) in [5, 5.41) is 0. The molecule has 2 aromatic carbocycles. The number of fused-ring (bicyclic) bond motifs is 1. The van der Waals surface area contributed by atoms with Crippen LogP contribution >= 0.6 is 0 Å². The van der Waals surface area contributed by atoms with E-state index in [9.17, 15) is 14.0 Å². The molecule has 0 bridgehead atoms. The number of hydrogen-bond donors (Lipinski definition) is 0. The van der Waals surface area contributed by atoms with Crippen molar-refractivity contribution in [3.05, 3.63) is 71.7 Å². The van der Waals surface area contributed by atoms with Crippen molar-refractivity contribution in [1.82, 2.24) is 0 Å². The normalized spacial score (nSPS) is 16.0. The summed E-state index contributed by atoms with van der Waals surface area (Å²) in [4.78, 5) is 26.1. The monoisotopic (exact) mass is 383 g/mol. The fourth-order valence-corrected chi connectivity index (χ4v) is 3.34. The zero-order valence-corrected chi connectivity index (χ0v) is 16.1. The van der Waals surface area contributed by atoms with Crippen molar-refractivity contribution in [1.29, 1.82) is 0 Å². The van der Waals surface area contributed by atoms with Crippen LogP contribution in [0.1, 0.15) is 19.4 Å². The molecule has 0 unspecified atom stereocenters. The predicted molar refractivity (Wildman–Crippen MR) is 104 cm³/mol. The molecule has 0 atom stereocenters. The lowest BCUT2D eigenvalue weighted by atomic mass is 9.83. The maximum Gasteiger partial charge on any atom is 0.344 e. The molecule has 0 saturated heterocycles. The van der Waals surface area contributed by atoms with Crippen molar-refractivity contribution in [2.75, 3.05) is 25.2 Å². The molecule has 5 nitrogen and oxygen atoms in total. The quantitative estimate of drug-likeness (QED) is 0.563. The van der Waals surface area contributed by atoms with Gasteiger partial charge in [0.15, 0.2) is 30.6 Å². The smallest absolute Gasteiger partial charge is 0.344 e. The molecule has 0 saturated carbocycles. The Bertz CT molecular complexity index is 936. The van der Waals surface area contributed by atoms with Crippen molar-refractivity contribution in [3.63, 3.8) is 0 Å². The van der Waals surface area contributed by atoms with Gasteiger partial charge in [0.05, 0.1) is 0 Å². The molecule has 1 heterocycles. The number of likely N-dealkylation sites (N-methyl/N-ethyl adjacent to an activating group) is 1. The lowest BCUT2D eigenvalue weighted by Gasteiger charge is -2.23. The largest absolute Gasteiger partial charge is 0.479 e. The van der Waals surface area contributed by atoms with Gasteiger partial charge in [0.25, 0.3) is 0 Å². The highest BCUT2D eigenvalue weighted by atomic mass is 19.1. The minimum atomic E-state index is -0.739. The lowest BCUT2D eigenvalue weighted by Crippen LogP contribution is -2.25. The summed E-state index contributed by atoms with van der Waals surface area (Å²) in [5.41, 5.74) is 2.67. The van der Waals surface area contributed by atoms with E-state index >= 15 is 0 Å². The van der Waals surface area contributed by atoms with E-state index in [1.807, 2.05) is 50.1 Å². The summed E-state index contributed by atoms with van der Waals surface area (Å²) in [6.45, 7) is 3.22. The third-order valence-electron chi connectivity index (χ3n) is 4.80. The van der Waals surface area contributed by atoms with E-state index in [4.69, 9.17) is 9.47 Å². The molecule has 28 heavy (non-hydrogen) atoms. The Morgan fingerprint density at radius 1 is 1.07 bits per heavy atom. The molecule has 0 spiro atoms. The number of benzene rings is 2. The molecule has 0 aromatic heterocycles. The Balaban J connectivity index is 1.58. The molecular weight excluding hydrogens is 361 g/mol. The fourth-order valence-electron chi connectivity index (χ4n) is 3.34. The summed E-state index contributed by atoms with van der Waals surface area (Å²) < 4.78 is 23.5. The molecule has 1 aliphatic rings. The van der Waals surface area contributed by atoms with Crippen LogP contribution in [0.4, 0.5) is 10.1 Å². The summed E-state index contributed by atoms with van der Waals surface area (Å²) in [5.74, 6) is -1.68. The maximum atomic E-state index is 13.5. The van der Waals surface area contributed by atoms with Crippen LogP contribution in [0.2, 0.25) is 0 Å². The van der Waals surface area contributed by atoms with Crippen LogP contribution in [0, 0.1) is 5.82 Å². The molecule has 6 heteroatoms. The van der Waals surface area contributed by atoms with Crippen molar-refractivity contribution >= 4 is 17.4 Å². The molecule has 0 fully saturated rings. The number of hydrogen-bond acceptors (Lipinski definition) is 5. The highest BCUT2D eigenvalue weighted by molar-refractivity contribution is 5.94. The number of carbonyl (C=O) groups is 2. The van der Waals surface area contributed by atoms with Gasteiger partial charge in [-0.15, -0.1) is 0 Å². The van der Waals surface area contributed by atoms with E-state index in [2.05, 4.69) is 0 Å². The van der Waals surface area contributed by atoms with Crippen molar-refractivity contribution in [2.24, 2.45) is 0 Å². The molecular formula is C22H22FNO4. The first-order chi connectivity index (χ1) is 13.3. The summed E-state index contributed by atoms with van der Waals surface area (Å²) in [6, 6.07) is 13.7. The van der Waals surface area contributed by atoms with Gasteiger partial charge in [-0.25, -0.2) is 9.18 Å². The summed E-state index contributed by atoms with van der Waals surface area (Å²) >= 11 is 0. The van der Waals surface area contributed by atoms with Gasteiger partial charge < -0.3 is 14.4 Å². The molecule has 0 amide bonds. The number of anilines is 1. The first-order valence-corrected chi connectivity index (χ1v) is 8.92. The third kappa shape index (κ3) is 3.91. The number of carbonyl (C=O) groups excluding carboxylic acids is 2. The van der Waals surface area contributed by atoms with E-state index in [-0.39, 0.29) is 16.9 Å². The second-order valence-corrected chi connectivity index (χ2v) is 7.08. The molecule has 0 aliphatic carbocycles. The topological polar surface area (TPSA) is 55.8 Å². The van der Waals surface area contributed by atoms with Crippen LogP contribution in [-0.2, 0) is 19.7 Å². The van der Waals surface area contributed by atoms with Gasteiger partial charge in [0.1, 0.15) is 0 Å². The van der Waals surface area contributed by atoms with Gasteiger partial charge in [-0.1, -0.05) is 44.2 Å². The number of para-hydroxylation sites is 2. The predicted octanol–water partition coefficient (Wildman–Crippen LogP) is 3.63. The number of nitrogens with zero attached hydrogens (tertiary/aromatic N) is 1. The molecule has 3 rings (SSSR count). The van der Waals surface area contributed by atoms with E-state index in [0.29, 0.717) is 0 Å². The highest BCUT2D eigenvalue weighted by Crippen LogP contribution is 2.46. The SMILES string of the molecule is CN1C(=CC(=O)COC(=O)COc2ccccc2F)C(C)(C)c2ccccc21. The number of allylic oxidation sites excluding steroid dienone is 1. The standard InChI is InChI=1S/C22H22FNO4/c1-22(2)16-8-4-6-10-18(16)24(3)20(22)12-15(25)13-28-21(26)14-27-19-11-7-5-9-17(19)23/h4-12H,13-14H2,1-3H3. The number of ketones is 1. The second-order valence-electron chi connectivity index (χ2n) is 7.08. The van der Waals surface area contributed by atoms with Gasteiger partial charge >= 0.3 is 5.97 Å². The van der Waals surface area contributed by atoms with Gasteiger partial charge in [-0.2, -0.15) is 0 Å². The number of halogens is 1. The Kier molecular flexibility index (Phi) is 5.49. The van der Waals surface area contributed by atoms with Crippen molar-refractivity contribution < 1.29 is 23.5 Å². The van der Waals surface area contributed by atoms with Crippen LogP contribution in [-0.4, -0.2) is 32.0 Å². The van der Waals surface area contributed by atoms with Gasteiger partial charge in [0, 0.05) is 29.9 Å². The third-order valence-corrected chi connectivity index (χ3v) is 4.80. The summed E-state index contributed by atoms with van der Waals surface area (Å²) in [6.07, 6.45) is 1.50. The van der Waals surface area contributed by atoms with Crippen molar-refractivity contribution in [3.8, 4) is 5.75 Å². The molecule has 2 aromatic rings.